The van der Waals surface area contributed by atoms with Crippen LogP contribution in [-0.4, -0.2) is 30.5 Å². The van der Waals surface area contributed by atoms with Gasteiger partial charge in [-0.15, -0.1) is 13.2 Å². The van der Waals surface area contributed by atoms with Crippen molar-refractivity contribution in [2.24, 2.45) is 4.99 Å². The molecule has 2 aromatic carbocycles. The van der Waals surface area contributed by atoms with Gasteiger partial charge in [0, 0.05) is 18.7 Å². The maximum atomic E-state index is 12.5. The Morgan fingerprint density at radius 3 is 2.59 bits per heavy atom. The summed E-state index contributed by atoms with van der Waals surface area (Å²) in [6.07, 6.45) is -4.09. The van der Waals surface area contributed by atoms with Crippen LogP contribution >= 0.6 is 0 Å². The van der Waals surface area contributed by atoms with Gasteiger partial charge >= 0.3 is 6.36 Å². The molecule has 0 bridgehead atoms. The summed E-state index contributed by atoms with van der Waals surface area (Å²) in [5.74, 6) is 0.429. The molecule has 0 saturated carbocycles. The fourth-order valence-electron chi connectivity index (χ4n) is 2.40. The SMILES string of the molecule is CCNC(=NCc1ccccc1OC(F)(F)F)NCCc1cccc(O)c1. The zero-order valence-electron chi connectivity index (χ0n) is 14.9. The highest BCUT2D eigenvalue weighted by molar-refractivity contribution is 5.79. The minimum Gasteiger partial charge on any atom is -0.508 e. The normalized spacial score (nSPS) is 11.9. The van der Waals surface area contributed by atoms with E-state index in [1.165, 1.54) is 12.1 Å². The summed E-state index contributed by atoms with van der Waals surface area (Å²) >= 11 is 0. The van der Waals surface area contributed by atoms with Crippen molar-refractivity contribution in [1.29, 1.82) is 0 Å². The standard InChI is InChI=1S/C19H22F3N3O2/c1-2-23-18(24-11-10-14-6-5-8-16(26)12-14)25-13-15-7-3-4-9-17(15)27-19(20,21)22/h3-9,12,26H,2,10-11,13H2,1H3,(H2,23,24,25). The van der Waals surface area contributed by atoms with Crippen molar-refractivity contribution in [1.82, 2.24) is 10.6 Å². The maximum absolute atomic E-state index is 12.5. The smallest absolute Gasteiger partial charge is 0.508 e. The van der Waals surface area contributed by atoms with E-state index in [0.29, 0.717) is 31.0 Å². The number of ether oxygens (including phenoxy) is 1. The van der Waals surface area contributed by atoms with Gasteiger partial charge < -0.3 is 20.5 Å². The Bertz CT molecular complexity index is 764. The number of alkyl halides is 3. The first-order valence-corrected chi connectivity index (χ1v) is 8.51. The molecule has 2 aromatic rings. The molecule has 146 valence electrons. The zero-order valence-corrected chi connectivity index (χ0v) is 14.9. The Hall–Kier alpha value is -2.90. The van der Waals surface area contributed by atoms with Crippen LogP contribution in [0.1, 0.15) is 18.1 Å². The molecule has 0 aliphatic heterocycles. The third kappa shape index (κ3) is 7.47. The molecule has 5 nitrogen and oxygen atoms in total. The second kappa shape index (κ2) is 9.70. The Balaban J connectivity index is 1.99. The molecule has 0 saturated heterocycles. The van der Waals surface area contributed by atoms with Crippen LogP contribution in [0.15, 0.2) is 53.5 Å². The van der Waals surface area contributed by atoms with Crippen LogP contribution in [0.5, 0.6) is 11.5 Å². The topological polar surface area (TPSA) is 65.9 Å². The molecular formula is C19H22F3N3O2. The van der Waals surface area contributed by atoms with E-state index in [0.717, 1.165) is 5.56 Å². The third-order valence-corrected chi connectivity index (χ3v) is 3.57. The molecule has 0 aromatic heterocycles. The number of benzene rings is 2. The Labute approximate surface area is 155 Å². The second-order valence-electron chi connectivity index (χ2n) is 5.70. The number of phenols is 1. The van der Waals surface area contributed by atoms with Gasteiger partial charge in [0.1, 0.15) is 11.5 Å². The third-order valence-electron chi connectivity index (χ3n) is 3.57. The summed E-state index contributed by atoms with van der Waals surface area (Å²) in [5, 5.41) is 15.6. The van der Waals surface area contributed by atoms with Crippen LogP contribution in [0.3, 0.4) is 0 Å². The number of guanidine groups is 1. The fourth-order valence-corrected chi connectivity index (χ4v) is 2.40. The number of para-hydroxylation sites is 1. The summed E-state index contributed by atoms with van der Waals surface area (Å²) in [7, 11) is 0. The second-order valence-corrected chi connectivity index (χ2v) is 5.70. The van der Waals surface area contributed by atoms with Gasteiger partial charge in [-0.2, -0.15) is 0 Å². The van der Waals surface area contributed by atoms with Crippen molar-refractivity contribution >= 4 is 5.96 Å². The Morgan fingerprint density at radius 2 is 1.89 bits per heavy atom. The molecular weight excluding hydrogens is 359 g/mol. The van der Waals surface area contributed by atoms with Gasteiger partial charge in [0.2, 0.25) is 0 Å². The predicted octanol–water partition coefficient (Wildman–Crippen LogP) is 3.59. The van der Waals surface area contributed by atoms with E-state index in [4.69, 9.17) is 0 Å². The Kier molecular flexibility index (Phi) is 7.34. The number of aliphatic imine (C=N–C) groups is 1. The van der Waals surface area contributed by atoms with Gasteiger partial charge in [-0.1, -0.05) is 30.3 Å². The fraction of sp³-hybridized carbons (Fsp3) is 0.316. The number of halogens is 3. The van der Waals surface area contributed by atoms with Gasteiger partial charge in [-0.05, 0) is 37.1 Å². The number of hydrogen-bond donors (Lipinski definition) is 3. The molecule has 0 aliphatic carbocycles. The van der Waals surface area contributed by atoms with Crippen molar-refractivity contribution in [2.45, 2.75) is 26.3 Å². The van der Waals surface area contributed by atoms with Crippen molar-refractivity contribution in [3.8, 4) is 11.5 Å². The highest BCUT2D eigenvalue weighted by Gasteiger charge is 2.31. The van der Waals surface area contributed by atoms with E-state index in [2.05, 4.69) is 20.4 Å². The van der Waals surface area contributed by atoms with Gasteiger partial charge in [0.15, 0.2) is 5.96 Å². The molecule has 3 N–H and O–H groups in total. The minimum absolute atomic E-state index is 0.0354. The van der Waals surface area contributed by atoms with Crippen molar-refractivity contribution in [2.75, 3.05) is 13.1 Å². The quantitative estimate of drug-likeness (QED) is 0.507. The van der Waals surface area contributed by atoms with Crippen LogP contribution in [0.4, 0.5) is 13.2 Å². The van der Waals surface area contributed by atoms with Crippen LogP contribution < -0.4 is 15.4 Å². The molecule has 8 heteroatoms. The van der Waals surface area contributed by atoms with E-state index in [1.807, 2.05) is 13.0 Å². The molecule has 0 heterocycles. The Morgan fingerprint density at radius 1 is 1.11 bits per heavy atom. The largest absolute Gasteiger partial charge is 0.573 e. The number of rotatable bonds is 7. The van der Waals surface area contributed by atoms with Crippen molar-refractivity contribution in [3.05, 3.63) is 59.7 Å². The summed E-state index contributed by atoms with van der Waals surface area (Å²) in [6.45, 7) is 3.09. The average Bonchev–Trinajstić information content (AvgIpc) is 2.59. The van der Waals surface area contributed by atoms with Gasteiger partial charge in [-0.25, -0.2) is 4.99 Å². The molecule has 0 amide bonds. The molecule has 27 heavy (non-hydrogen) atoms. The van der Waals surface area contributed by atoms with Crippen LogP contribution in [0, 0.1) is 0 Å². The van der Waals surface area contributed by atoms with Gasteiger partial charge in [-0.3, -0.25) is 0 Å². The monoisotopic (exact) mass is 381 g/mol. The molecule has 0 spiro atoms. The lowest BCUT2D eigenvalue weighted by molar-refractivity contribution is -0.274. The van der Waals surface area contributed by atoms with E-state index >= 15 is 0 Å². The zero-order chi connectivity index (χ0) is 19.7. The predicted molar refractivity (Wildman–Crippen MR) is 97.8 cm³/mol. The van der Waals surface area contributed by atoms with Crippen LogP contribution in [0.25, 0.3) is 0 Å². The molecule has 2 rings (SSSR count). The van der Waals surface area contributed by atoms with Gasteiger partial charge in [0.05, 0.1) is 6.54 Å². The maximum Gasteiger partial charge on any atom is 0.573 e. The first kappa shape index (κ1) is 20.4. The molecule has 0 fully saturated rings. The van der Waals surface area contributed by atoms with E-state index in [1.54, 1.807) is 30.3 Å². The highest BCUT2D eigenvalue weighted by Crippen LogP contribution is 2.26. The van der Waals surface area contributed by atoms with Crippen LogP contribution in [0.2, 0.25) is 0 Å². The lowest BCUT2D eigenvalue weighted by atomic mass is 10.1. The minimum atomic E-state index is -4.75. The van der Waals surface area contributed by atoms with Gasteiger partial charge in [0.25, 0.3) is 0 Å². The number of phenolic OH excluding ortho intramolecular Hbond substituents is 1. The first-order valence-electron chi connectivity index (χ1n) is 8.51. The summed E-state index contributed by atoms with van der Waals surface area (Å²) < 4.78 is 41.5. The average molecular weight is 381 g/mol. The van der Waals surface area contributed by atoms with Crippen LogP contribution in [-0.2, 0) is 13.0 Å². The van der Waals surface area contributed by atoms with E-state index in [9.17, 15) is 18.3 Å². The van der Waals surface area contributed by atoms with E-state index in [-0.39, 0.29) is 18.0 Å². The van der Waals surface area contributed by atoms with Crippen molar-refractivity contribution < 1.29 is 23.0 Å². The summed E-state index contributed by atoms with van der Waals surface area (Å²) in [4.78, 5) is 4.32. The molecule has 0 aliphatic rings. The van der Waals surface area contributed by atoms with E-state index < -0.39 is 6.36 Å². The first-order chi connectivity index (χ1) is 12.9. The lowest BCUT2D eigenvalue weighted by Gasteiger charge is -2.14. The summed E-state index contributed by atoms with van der Waals surface area (Å²) in [6, 6.07) is 12.9. The number of aromatic hydroxyl groups is 1. The molecule has 0 radical (unpaired) electrons. The summed E-state index contributed by atoms with van der Waals surface area (Å²) in [5.41, 5.74) is 1.29. The number of nitrogens with zero attached hydrogens (tertiary/aromatic N) is 1. The highest BCUT2D eigenvalue weighted by atomic mass is 19.4. The lowest BCUT2D eigenvalue weighted by Crippen LogP contribution is -2.38. The van der Waals surface area contributed by atoms with Crippen molar-refractivity contribution in [3.63, 3.8) is 0 Å². The number of nitrogens with one attached hydrogen (secondary N) is 2. The molecule has 0 unspecified atom stereocenters. The number of hydrogen-bond acceptors (Lipinski definition) is 3. The molecule has 0 atom stereocenters.